The average Bonchev–Trinajstić information content (AvgIpc) is 2.98. The van der Waals surface area contributed by atoms with Crippen molar-refractivity contribution in [1.29, 1.82) is 0 Å². The molecule has 0 amide bonds. The molecule has 0 heterocycles. The molecule has 2 aliphatic carbocycles. The van der Waals surface area contributed by atoms with Crippen molar-refractivity contribution >= 4 is 0 Å². The zero-order chi connectivity index (χ0) is 10.6. The molecule has 0 radical (unpaired) electrons. The summed E-state index contributed by atoms with van der Waals surface area (Å²) in [5.41, 5.74) is 0.732. The van der Waals surface area contributed by atoms with Crippen molar-refractivity contribution in [3.05, 3.63) is 0 Å². The second-order valence-electron chi connectivity index (χ2n) is 5.82. The first-order valence-corrected chi connectivity index (χ1v) is 7.08. The monoisotopic (exact) mass is 209 g/mol. The van der Waals surface area contributed by atoms with Crippen LogP contribution in [-0.4, -0.2) is 12.6 Å². The van der Waals surface area contributed by atoms with Gasteiger partial charge in [-0.05, 0) is 37.5 Å². The van der Waals surface area contributed by atoms with Crippen LogP contribution in [0.5, 0.6) is 0 Å². The Balaban J connectivity index is 1.60. The lowest BCUT2D eigenvalue weighted by Crippen LogP contribution is -2.40. The summed E-state index contributed by atoms with van der Waals surface area (Å²) in [6, 6.07) is 0.901. The zero-order valence-corrected chi connectivity index (χ0v) is 10.4. The maximum atomic E-state index is 3.74. The van der Waals surface area contributed by atoms with Crippen LogP contribution < -0.4 is 5.32 Å². The van der Waals surface area contributed by atoms with Gasteiger partial charge in [-0.15, -0.1) is 0 Å². The lowest BCUT2D eigenvalue weighted by Gasteiger charge is -2.42. The van der Waals surface area contributed by atoms with E-state index in [1.54, 1.807) is 0 Å². The molecule has 1 N–H and O–H groups in total. The van der Waals surface area contributed by atoms with Crippen LogP contribution in [0.15, 0.2) is 0 Å². The minimum absolute atomic E-state index is 0.732. The van der Waals surface area contributed by atoms with Gasteiger partial charge in [-0.1, -0.05) is 39.0 Å². The minimum atomic E-state index is 0.732. The first-order valence-electron chi connectivity index (χ1n) is 7.08. The Hall–Kier alpha value is -0.0400. The van der Waals surface area contributed by atoms with Gasteiger partial charge >= 0.3 is 0 Å². The molecule has 0 spiro atoms. The van der Waals surface area contributed by atoms with Gasteiger partial charge in [0.2, 0.25) is 0 Å². The summed E-state index contributed by atoms with van der Waals surface area (Å²) in [6.07, 6.45) is 14.6. The molecule has 88 valence electrons. The first-order chi connectivity index (χ1) is 7.35. The van der Waals surface area contributed by atoms with Crippen molar-refractivity contribution in [3.63, 3.8) is 0 Å². The Morgan fingerprint density at radius 3 is 2.47 bits per heavy atom. The van der Waals surface area contributed by atoms with Crippen LogP contribution >= 0.6 is 0 Å². The average molecular weight is 209 g/mol. The predicted molar refractivity (Wildman–Crippen MR) is 66.1 cm³/mol. The third kappa shape index (κ3) is 3.48. The van der Waals surface area contributed by atoms with Crippen molar-refractivity contribution in [2.75, 3.05) is 6.54 Å². The molecule has 1 heteroatoms. The summed E-state index contributed by atoms with van der Waals surface area (Å²) in [5.74, 6) is 0. The Kier molecular flexibility index (Phi) is 4.07. The topological polar surface area (TPSA) is 12.0 Å². The molecule has 0 aromatic rings. The highest BCUT2D eigenvalue weighted by molar-refractivity contribution is 4.92. The van der Waals surface area contributed by atoms with Crippen molar-refractivity contribution in [3.8, 4) is 0 Å². The fourth-order valence-electron chi connectivity index (χ4n) is 2.77. The van der Waals surface area contributed by atoms with E-state index in [0.29, 0.717) is 0 Å². The molecule has 0 saturated heterocycles. The number of rotatable bonds is 8. The van der Waals surface area contributed by atoms with E-state index in [0.717, 1.165) is 11.5 Å². The predicted octanol–water partition coefficient (Wildman–Crippen LogP) is 3.88. The molecular weight excluding hydrogens is 182 g/mol. The van der Waals surface area contributed by atoms with Crippen LogP contribution in [0.2, 0.25) is 0 Å². The van der Waals surface area contributed by atoms with Crippen LogP contribution in [0.3, 0.4) is 0 Å². The summed E-state index contributed by atoms with van der Waals surface area (Å²) >= 11 is 0. The number of hydrogen-bond acceptors (Lipinski definition) is 1. The van der Waals surface area contributed by atoms with Gasteiger partial charge in [0.05, 0.1) is 0 Å². The summed E-state index contributed by atoms with van der Waals surface area (Å²) in [5, 5.41) is 3.74. The smallest absolute Gasteiger partial charge is 0.00684 e. The zero-order valence-electron chi connectivity index (χ0n) is 10.4. The first kappa shape index (κ1) is 11.4. The van der Waals surface area contributed by atoms with Crippen molar-refractivity contribution in [2.45, 2.75) is 77.2 Å². The van der Waals surface area contributed by atoms with E-state index in [2.05, 4.69) is 12.2 Å². The van der Waals surface area contributed by atoms with Crippen LogP contribution in [0.25, 0.3) is 0 Å². The largest absolute Gasteiger partial charge is 0.313 e. The lowest BCUT2D eigenvalue weighted by molar-refractivity contribution is 0.112. The van der Waals surface area contributed by atoms with E-state index < -0.39 is 0 Å². The molecule has 2 fully saturated rings. The second kappa shape index (κ2) is 5.34. The van der Waals surface area contributed by atoms with Crippen LogP contribution in [0.1, 0.15) is 71.1 Å². The SMILES string of the molecule is CCCCCCC1(CNC2CC2)CCC1. The molecule has 0 aliphatic heterocycles. The standard InChI is InChI=1S/C14H27N/c1-2-3-4-5-9-14(10-6-11-14)12-15-13-7-8-13/h13,15H,2-12H2,1H3. The Labute approximate surface area is 95.0 Å². The molecule has 0 atom stereocenters. The van der Waals surface area contributed by atoms with E-state index >= 15 is 0 Å². The summed E-state index contributed by atoms with van der Waals surface area (Å²) in [4.78, 5) is 0. The molecule has 2 rings (SSSR count). The number of hydrogen-bond donors (Lipinski definition) is 1. The Morgan fingerprint density at radius 1 is 1.13 bits per heavy atom. The minimum Gasteiger partial charge on any atom is -0.313 e. The van der Waals surface area contributed by atoms with E-state index in [4.69, 9.17) is 0 Å². The van der Waals surface area contributed by atoms with Gasteiger partial charge in [-0.3, -0.25) is 0 Å². The van der Waals surface area contributed by atoms with Gasteiger partial charge < -0.3 is 5.32 Å². The van der Waals surface area contributed by atoms with E-state index in [9.17, 15) is 0 Å². The highest BCUT2D eigenvalue weighted by atomic mass is 15.0. The summed E-state index contributed by atoms with van der Waals surface area (Å²) < 4.78 is 0. The highest BCUT2D eigenvalue weighted by Crippen LogP contribution is 2.45. The fraction of sp³-hybridized carbons (Fsp3) is 1.00. The van der Waals surface area contributed by atoms with Crippen LogP contribution in [-0.2, 0) is 0 Å². The third-order valence-corrected chi connectivity index (χ3v) is 4.32. The molecule has 1 nitrogen and oxygen atoms in total. The third-order valence-electron chi connectivity index (χ3n) is 4.32. The van der Waals surface area contributed by atoms with E-state index in [1.165, 1.54) is 70.8 Å². The van der Waals surface area contributed by atoms with Gasteiger partial charge in [0.1, 0.15) is 0 Å². The fourth-order valence-corrected chi connectivity index (χ4v) is 2.77. The molecule has 0 unspecified atom stereocenters. The van der Waals surface area contributed by atoms with E-state index in [1.807, 2.05) is 0 Å². The van der Waals surface area contributed by atoms with Crippen molar-refractivity contribution in [2.24, 2.45) is 5.41 Å². The molecule has 0 aromatic carbocycles. The van der Waals surface area contributed by atoms with Gasteiger partial charge in [-0.2, -0.15) is 0 Å². The van der Waals surface area contributed by atoms with Crippen molar-refractivity contribution in [1.82, 2.24) is 5.32 Å². The summed E-state index contributed by atoms with van der Waals surface area (Å²) in [6.45, 7) is 3.62. The van der Waals surface area contributed by atoms with Gasteiger partial charge in [0.15, 0.2) is 0 Å². The molecule has 2 saturated carbocycles. The normalized spacial score (nSPS) is 23.8. The maximum absolute atomic E-state index is 3.74. The quantitative estimate of drug-likeness (QED) is 0.598. The Morgan fingerprint density at radius 2 is 1.93 bits per heavy atom. The number of nitrogens with one attached hydrogen (secondary N) is 1. The molecule has 2 aliphatic rings. The lowest BCUT2D eigenvalue weighted by atomic mass is 9.66. The molecule has 0 bridgehead atoms. The number of unbranched alkanes of at least 4 members (excludes halogenated alkanes) is 3. The second-order valence-corrected chi connectivity index (χ2v) is 5.82. The summed E-state index contributed by atoms with van der Waals surface area (Å²) in [7, 11) is 0. The van der Waals surface area contributed by atoms with E-state index in [-0.39, 0.29) is 0 Å². The van der Waals surface area contributed by atoms with Crippen molar-refractivity contribution < 1.29 is 0 Å². The highest BCUT2D eigenvalue weighted by Gasteiger charge is 2.37. The molecule has 0 aromatic heterocycles. The van der Waals surface area contributed by atoms with Gasteiger partial charge in [0, 0.05) is 12.6 Å². The maximum Gasteiger partial charge on any atom is 0.00684 e. The Bertz CT molecular complexity index is 180. The van der Waals surface area contributed by atoms with Crippen LogP contribution in [0, 0.1) is 5.41 Å². The molecule has 15 heavy (non-hydrogen) atoms. The van der Waals surface area contributed by atoms with Crippen LogP contribution in [0.4, 0.5) is 0 Å². The molecular formula is C14H27N. The van der Waals surface area contributed by atoms with Gasteiger partial charge in [-0.25, -0.2) is 0 Å². The van der Waals surface area contributed by atoms with Gasteiger partial charge in [0.25, 0.3) is 0 Å².